The summed E-state index contributed by atoms with van der Waals surface area (Å²) in [5.74, 6) is 0.489. The van der Waals surface area contributed by atoms with Crippen LogP contribution in [0.25, 0.3) is 0 Å². The predicted molar refractivity (Wildman–Crippen MR) is 95.1 cm³/mol. The van der Waals surface area contributed by atoms with Gasteiger partial charge in [-0.2, -0.15) is 4.31 Å². The Bertz CT molecular complexity index is 919. The Kier molecular flexibility index (Phi) is 6.04. The summed E-state index contributed by atoms with van der Waals surface area (Å²) in [4.78, 5) is 0.190. The lowest BCUT2D eigenvalue weighted by atomic mass is 10.2. The van der Waals surface area contributed by atoms with Gasteiger partial charge in [-0.05, 0) is 37.6 Å². The highest BCUT2D eigenvalue weighted by Gasteiger charge is 2.21. The minimum atomic E-state index is -3.71. The monoisotopic (exact) mass is 386 g/mol. The Labute approximate surface area is 148 Å². The van der Waals surface area contributed by atoms with Gasteiger partial charge in [-0.1, -0.05) is 17.7 Å². The van der Waals surface area contributed by atoms with Crippen molar-refractivity contribution in [3.8, 4) is 0 Å². The van der Waals surface area contributed by atoms with Crippen molar-refractivity contribution in [2.75, 3.05) is 19.3 Å². The topological polar surface area (TPSA) is 96.7 Å². The van der Waals surface area contributed by atoms with Crippen LogP contribution in [0.2, 0.25) is 0 Å². The highest BCUT2D eigenvalue weighted by Crippen LogP contribution is 2.16. The minimum absolute atomic E-state index is 0.00364. The maximum Gasteiger partial charge on any atom is 0.240 e. The molecule has 1 aromatic carbocycles. The van der Waals surface area contributed by atoms with Crippen LogP contribution in [0.15, 0.2) is 45.9 Å². The molecule has 2 aromatic rings. The number of benzene rings is 1. The maximum atomic E-state index is 12.4. The zero-order valence-corrected chi connectivity index (χ0v) is 16.0. The lowest BCUT2D eigenvalue weighted by Gasteiger charge is -2.19. The Morgan fingerprint density at radius 1 is 1.12 bits per heavy atom. The number of rotatable bonds is 8. The molecule has 2 rings (SSSR count). The Morgan fingerprint density at radius 3 is 2.40 bits per heavy atom. The molecule has 1 N–H and O–H groups in total. The van der Waals surface area contributed by atoms with Gasteiger partial charge in [0.1, 0.15) is 5.76 Å². The number of hydrogen-bond donors (Lipinski definition) is 1. The molecule has 0 spiro atoms. The molecule has 7 nitrogen and oxygen atoms in total. The SMILES string of the molecule is Cc1ccc(S(=O)(=O)NCCN(Cc2ccco2)S(C)(=O)=O)c(C)c1. The number of nitrogens with zero attached hydrogens (tertiary/aromatic N) is 1. The van der Waals surface area contributed by atoms with Crippen LogP contribution in [-0.4, -0.2) is 40.5 Å². The third-order valence-electron chi connectivity index (χ3n) is 3.65. The van der Waals surface area contributed by atoms with Gasteiger partial charge in [0.25, 0.3) is 0 Å². The van der Waals surface area contributed by atoms with Crippen LogP contribution in [0, 0.1) is 13.8 Å². The summed E-state index contributed by atoms with van der Waals surface area (Å²) >= 11 is 0. The van der Waals surface area contributed by atoms with E-state index in [1.165, 1.54) is 6.26 Å². The van der Waals surface area contributed by atoms with Gasteiger partial charge >= 0.3 is 0 Å². The molecule has 0 bridgehead atoms. The van der Waals surface area contributed by atoms with Crippen LogP contribution in [-0.2, 0) is 26.6 Å². The van der Waals surface area contributed by atoms with Crippen molar-refractivity contribution in [2.45, 2.75) is 25.3 Å². The second kappa shape index (κ2) is 7.69. The Morgan fingerprint density at radius 2 is 1.84 bits per heavy atom. The van der Waals surface area contributed by atoms with E-state index in [1.807, 2.05) is 6.92 Å². The fourth-order valence-corrected chi connectivity index (χ4v) is 4.45. The van der Waals surface area contributed by atoms with E-state index in [9.17, 15) is 16.8 Å². The van der Waals surface area contributed by atoms with Gasteiger partial charge in [-0.15, -0.1) is 0 Å². The first kappa shape index (κ1) is 19.6. The lowest BCUT2D eigenvalue weighted by molar-refractivity contribution is 0.368. The summed E-state index contributed by atoms with van der Waals surface area (Å²) in [6.07, 6.45) is 2.53. The summed E-state index contributed by atoms with van der Waals surface area (Å²) in [6.45, 7) is 3.63. The van der Waals surface area contributed by atoms with Gasteiger partial charge in [0.15, 0.2) is 0 Å². The smallest absolute Gasteiger partial charge is 0.240 e. The second-order valence-corrected chi connectivity index (χ2v) is 9.56. The van der Waals surface area contributed by atoms with Crippen molar-refractivity contribution in [1.82, 2.24) is 9.03 Å². The summed E-state index contributed by atoms with van der Waals surface area (Å²) in [5.41, 5.74) is 1.61. The molecule has 0 aliphatic carbocycles. The maximum absolute atomic E-state index is 12.4. The first-order valence-corrected chi connectivity index (χ1v) is 11.0. The van der Waals surface area contributed by atoms with E-state index in [2.05, 4.69) is 4.72 Å². The van der Waals surface area contributed by atoms with E-state index in [-0.39, 0.29) is 24.5 Å². The zero-order valence-electron chi connectivity index (χ0n) is 14.4. The van der Waals surface area contributed by atoms with Gasteiger partial charge < -0.3 is 4.42 Å². The highest BCUT2D eigenvalue weighted by molar-refractivity contribution is 7.89. The third kappa shape index (κ3) is 5.40. The van der Waals surface area contributed by atoms with Crippen molar-refractivity contribution in [3.63, 3.8) is 0 Å². The number of aryl methyl sites for hydroxylation is 2. The molecule has 0 saturated carbocycles. The largest absolute Gasteiger partial charge is 0.468 e. The van der Waals surface area contributed by atoms with Crippen molar-refractivity contribution in [2.24, 2.45) is 0 Å². The van der Waals surface area contributed by atoms with Crippen LogP contribution in [0.3, 0.4) is 0 Å². The van der Waals surface area contributed by atoms with Crippen molar-refractivity contribution in [3.05, 3.63) is 53.5 Å². The summed E-state index contributed by atoms with van der Waals surface area (Å²) < 4.78 is 57.4. The molecule has 9 heteroatoms. The van der Waals surface area contributed by atoms with E-state index in [0.29, 0.717) is 11.3 Å². The van der Waals surface area contributed by atoms with E-state index >= 15 is 0 Å². The minimum Gasteiger partial charge on any atom is -0.468 e. The highest BCUT2D eigenvalue weighted by atomic mass is 32.2. The number of nitrogens with one attached hydrogen (secondary N) is 1. The molecule has 0 atom stereocenters. The summed E-state index contributed by atoms with van der Waals surface area (Å²) in [6, 6.07) is 8.39. The molecule has 138 valence electrons. The molecule has 0 radical (unpaired) electrons. The van der Waals surface area contributed by atoms with Gasteiger partial charge in [0.2, 0.25) is 20.0 Å². The first-order chi connectivity index (χ1) is 11.6. The lowest BCUT2D eigenvalue weighted by Crippen LogP contribution is -2.37. The number of sulfonamides is 2. The Hall–Kier alpha value is -1.68. The molecule has 1 heterocycles. The molecule has 1 aromatic heterocycles. The summed E-state index contributed by atoms with van der Waals surface area (Å²) in [5, 5.41) is 0. The van der Waals surface area contributed by atoms with Crippen molar-refractivity contribution in [1.29, 1.82) is 0 Å². The van der Waals surface area contributed by atoms with Gasteiger partial charge in [-0.3, -0.25) is 0 Å². The third-order valence-corrected chi connectivity index (χ3v) is 6.53. The quantitative estimate of drug-likeness (QED) is 0.744. The van der Waals surface area contributed by atoms with Crippen molar-refractivity contribution < 1.29 is 21.3 Å². The van der Waals surface area contributed by atoms with Crippen molar-refractivity contribution >= 4 is 20.0 Å². The van der Waals surface area contributed by atoms with E-state index in [0.717, 1.165) is 16.1 Å². The molecule has 0 unspecified atom stereocenters. The summed E-state index contributed by atoms with van der Waals surface area (Å²) in [7, 11) is -7.20. The molecule has 0 amide bonds. The van der Waals surface area contributed by atoms with Crippen LogP contribution in [0.1, 0.15) is 16.9 Å². The fraction of sp³-hybridized carbons (Fsp3) is 0.375. The molecule has 0 aliphatic rings. The number of furan rings is 1. The van der Waals surface area contributed by atoms with Crippen LogP contribution in [0.5, 0.6) is 0 Å². The Balaban J connectivity index is 2.05. The molecule has 0 saturated heterocycles. The number of hydrogen-bond acceptors (Lipinski definition) is 5. The molecule has 0 aliphatic heterocycles. The van der Waals surface area contributed by atoms with Crippen LogP contribution in [0.4, 0.5) is 0 Å². The van der Waals surface area contributed by atoms with E-state index in [1.54, 1.807) is 37.3 Å². The predicted octanol–water partition coefficient (Wildman–Crippen LogP) is 1.64. The zero-order chi connectivity index (χ0) is 18.7. The second-order valence-electron chi connectivity index (χ2n) is 5.84. The first-order valence-electron chi connectivity index (χ1n) is 7.64. The van der Waals surface area contributed by atoms with Gasteiger partial charge in [-0.25, -0.2) is 21.6 Å². The van der Waals surface area contributed by atoms with E-state index in [4.69, 9.17) is 4.42 Å². The van der Waals surface area contributed by atoms with E-state index < -0.39 is 20.0 Å². The molecular formula is C16H22N2O5S2. The van der Waals surface area contributed by atoms with Crippen LogP contribution >= 0.6 is 0 Å². The average Bonchev–Trinajstić information content (AvgIpc) is 2.97. The van der Waals surface area contributed by atoms with Gasteiger partial charge in [0, 0.05) is 13.1 Å². The molecule has 25 heavy (non-hydrogen) atoms. The van der Waals surface area contributed by atoms with Gasteiger partial charge in [0.05, 0.1) is 24.0 Å². The van der Waals surface area contributed by atoms with Crippen LogP contribution < -0.4 is 4.72 Å². The molecule has 0 fully saturated rings. The normalized spacial score (nSPS) is 12.6. The average molecular weight is 386 g/mol. The standard InChI is InChI=1S/C16H22N2O5S2/c1-13-6-7-16(14(2)11-13)25(21,22)17-8-9-18(24(3,19)20)12-15-5-4-10-23-15/h4-7,10-11,17H,8-9,12H2,1-3H3. The molecular weight excluding hydrogens is 364 g/mol. The fourth-order valence-electron chi connectivity index (χ4n) is 2.42.